The number of carboxylic acid groups (broad SMARTS) is 1. The van der Waals surface area contributed by atoms with Crippen LogP contribution in [0.3, 0.4) is 0 Å². The third kappa shape index (κ3) is 7.16. The van der Waals surface area contributed by atoms with Crippen LogP contribution in [0.4, 0.5) is 11.8 Å². The fraction of sp³-hybridized carbons (Fsp3) is 0.393. The van der Waals surface area contributed by atoms with Gasteiger partial charge in [0.2, 0.25) is 11.7 Å². The highest BCUT2D eigenvalue weighted by molar-refractivity contribution is 7.92. The van der Waals surface area contributed by atoms with Gasteiger partial charge in [-0.05, 0) is 42.2 Å². The highest BCUT2D eigenvalue weighted by atomic mass is 32.2. The molecule has 1 saturated heterocycles. The molecule has 220 valence electrons. The fourth-order valence-electron chi connectivity index (χ4n) is 3.92. The van der Waals surface area contributed by atoms with Gasteiger partial charge in [-0.2, -0.15) is 9.97 Å². The lowest BCUT2D eigenvalue weighted by Crippen LogP contribution is -2.37. The smallest absolute Gasteiger partial charge is 0.344 e. The van der Waals surface area contributed by atoms with Crippen LogP contribution in [0.1, 0.15) is 33.3 Å². The van der Waals surface area contributed by atoms with E-state index in [0.717, 1.165) is 5.56 Å². The predicted octanol–water partition coefficient (Wildman–Crippen LogP) is 4.06. The van der Waals surface area contributed by atoms with E-state index in [-0.39, 0.29) is 39.5 Å². The van der Waals surface area contributed by atoms with E-state index in [0.29, 0.717) is 32.1 Å². The molecule has 1 fully saturated rings. The monoisotopic (exact) mass is 586 g/mol. The zero-order valence-electron chi connectivity index (χ0n) is 23.6. The first kappa shape index (κ1) is 29.9. The van der Waals surface area contributed by atoms with E-state index in [2.05, 4.69) is 14.7 Å². The van der Waals surface area contributed by atoms with Crippen molar-refractivity contribution in [1.29, 1.82) is 0 Å². The summed E-state index contributed by atoms with van der Waals surface area (Å²) in [5.41, 5.74) is 0.796. The van der Waals surface area contributed by atoms with Crippen molar-refractivity contribution < 1.29 is 37.3 Å². The molecule has 2 aromatic carbocycles. The van der Waals surface area contributed by atoms with Gasteiger partial charge in [0.15, 0.2) is 23.4 Å². The maximum Gasteiger partial charge on any atom is 0.344 e. The molecular formula is C28H34N4O8S. The van der Waals surface area contributed by atoms with Crippen molar-refractivity contribution in [1.82, 2.24) is 9.97 Å². The van der Waals surface area contributed by atoms with Crippen molar-refractivity contribution in [3.8, 4) is 23.1 Å². The summed E-state index contributed by atoms with van der Waals surface area (Å²) in [4.78, 5) is 22.4. The van der Waals surface area contributed by atoms with Gasteiger partial charge in [-0.3, -0.25) is 4.72 Å². The van der Waals surface area contributed by atoms with E-state index < -0.39 is 22.1 Å². The Hall–Kier alpha value is -4.10. The molecule has 4 rings (SSSR count). The van der Waals surface area contributed by atoms with Gasteiger partial charge in [-0.15, -0.1) is 0 Å². The van der Waals surface area contributed by atoms with Gasteiger partial charge in [0.25, 0.3) is 15.9 Å². The number of nitrogens with zero attached hydrogens (tertiary/aromatic N) is 3. The number of hydrogen-bond donors (Lipinski definition) is 2. The molecule has 12 nitrogen and oxygen atoms in total. The third-order valence-electron chi connectivity index (χ3n) is 6.30. The number of aliphatic carboxylic acids is 1. The Kier molecular flexibility index (Phi) is 8.88. The number of rotatable bonds is 10. The Balaban J connectivity index is 1.85. The van der Waals surface area contributed by atoms with Gasteiger partial charge in [0, 0.05) is 13.1 Å². The summed E-state index contributed by atoms with van der Waals surface area (Å²) in [5.74, 6) is -1.30. The number of morpholine rings is 1. The molecule has 2 heterocycles. The van der Waals surface area contributed by atoms with Crippen molar-refractivity contribution >= 4 is 27.8 Å². The largest absolute Gasteiger partial charge is 0.493 e. The van der Waals surface area contributed by atoms with E-state index >= 15 is 0 Å². The third-order valence-corrected chi connectivity index (χ3v) is 7.65. The summed E-state index contributed by atoms with van der Waals surface area (Å²) in [5, 5.41) is 9.54. The van der Waals surface area contributed by atoms with Gasteiger partial charge in [-0.1, -0.05) is 45.0 Å². The molecule has 0 bridgehead atoms. The van der Waals surface area contributed by atoms with Crippen LogP contribution < -0.4 is 23.8 Å². The van der Waals surface area contributed by atoms with Crippen molar-refractivity contribution in [3.63, 3.8) is 0 Å². The normalized spacial score (nSPS) is 14.7. The maximum atomic E-state index is 13.6. The standard InChI is InChI=1S/C28H34N4O8S/c1-18(26(33)34)39-25-23(40-22-9-7-6-8-21(22)37-5)24(29-27(30-25)32-14-16-38-17-15-32)31-41(35,36)20-12-10-19(11-13-20)28(2,3)4/h6-13,18H,14-17H2,1-5H3,(H,33,34)(H,29,30,31). The molecule has 1 aliphatic rings. The van der Waals surface area contributed by atoms with Crippen LogP contribution in [0.2, 0.25) is 0 Å². The number of carbonyl (C=O) groups is 1. The van der Waals surface area contributed by atoms with Crippen molar-refractivity contribution in [2.24, 2.45) is 0 Å². The lowest BCUT2D eigenvalue weighted by Gasteiger charge is -2.28. The molecular weight excluding hydrogens is 552 g/mol. The van der Waals surface area contributed by atoms with Gasteiger partial charge in [0.1, 0.15) is 0 Å². The van der Waals surface area contributed by atoms with Crippen molar-refractivity contribution in [2.45, 2.75) is 44.1 Å². The molecule has 1 aromatic heterocycles. The average molecular weight is 587 g/mol. The first-order valence-corrected chi connectivity index (χ1v) is 14.5. The predicted molar refractivity (Wildman–Crippen MR) is 152 cm³/mol. The Morgan fingerprint density at radius 1 is 1.05 bits per heavy atom. The summed E-state index contributed by atoms with van der Waals surface area (Å²) < 4.78 is 52.3. The minimum atomic E-state index is -4.18. The van der Waals surface area contributed by atoms with Crippen molar-refractivity contribution in [2.75, 3.05) is 43.0 Å². The van der Waals surface area contributed by atoms with Crippen LogP contribution in [0.25, 0.3) is 0 Å². The quantitative estimate of drug-likeness (QED) is 0.354. The number of ether oxygens (including phenoxy) is 4. The number of benzene rings is 2. The van der Waals surface area contributed by atoms with Gasteiger partial charge in [0.05, 0.1) is 25.2 Å². The maximum absolute atomic E-state index is 13.6. The molecule has 1 aliphatic heterocycles. The Morgan fingerprint density at radius 2 is 1.68 bits per heavy atom. The summed E-state index contributed by atoms with van der Waals surface area (Å²) in [6.45, 7) is 9.10. The van der Waals surface area contributed by atoms with Gasteiger partial charge in [-0.25, -0.2) is 13.2 Å². The second-order valence-electron chi connectivity index (χ2n) is 10.3. The highest BCUT2D eigenvalue weighted by Crippen LogP contribution is 2.42. The molecule has 0 radical (unpaired) electrons. The summed E-state index contributed by atoms with van der Waals surface area (Å²) in [6, 6.07) is 13.2. The van der Waals surface area contributed by atoms with E-state index in [1.807, 2.05) is 20.8 Å². The Labute approximate surface area is 239 Å². The second kappa shape index (κ2) is 12.2. The molecule has 0 aliphatic carbocycles. The summed E-state index contributed by atoms with van der Waals surface area (Å²) in [6.07, 6.45) is -1.34. The molecule has 0 amide bonds. The van der Waals surface area contributed by atoms with Crippen LogP contribution in [0, 0.1) is 0 Å². The molecule has 13 heteroatoms. The zero-order valence-corrected chi connectivity index (χ0v) is 24.4. The minimum Gasteiger partial charge on any atom is -0.493 e. The van der Waals surface area contributed by atoms with Crippen LogP contribution >= 0.6 is 0 Å². The number of sulfonamides is 1. The molecule has 1 atom stereocenters. The van der Waals surface area contributed by atoms with Crippen molar-refractivity contribution in [3.05, 3.63) is 54.1 Å². The highest BCUT2D eigenvalue weighted by Gasteiger charge is 2.29. The lowest BCUT2D eigenvalue weighted by atomic mass is 9.87. The topological polar surface area (TPSA) is 149 Å². The first-order valence-electron chi connectivity index (χ1n) is 13.0. The number of methoxy groups -OCH3 is 1. The van der Waals surface area contributed by atoms with Crippen LogP contribution in [0.15, 0.2) is 53.4 Å². The van der Waals surface area contributed by atoms with E-state index in [1.165, 1.54) is 26.2 Å². The molecule has 2 N–H and O–H groups in total. The zero-order chi connectivity index (χ0) is 29.8. The van der Waals surface area contributed by atoms with Gasteiger partial charge < -0.3 is 29.0 Å². The number of aromatic nitrogens is 2. The number of hydrogen-bond acceptors (Lipinski definition) is 10. The minimum absolute atomic E-state index is 0.00153. The first-order chi connectivity index (χ1) is 19.4. The second-order valence-corrected chi connectivity index (χ2v) is 12.0. The van der Waals surface area contributed by atoms with Crippen LogP contribution in [-0.4, -0.2) is 69.0 Å². The fourth-order valence-corrected chi connectivity index (χ4v) is 4.92. The molecule has 3 aromatic rings. The number of anilines is 2. The molecule has 0 spiro atoms. The SMILES string of the molecule is COc1ccccc1Oc1c(NS(=O)(=O)c2ccc(C(C)(C)C)cc2)nc(N2CCOCC2)nc1OC(C)C(=O)O. The number of para-hydroxylation sites is 2. The summed E-state index contributed by atoms with van der Waals surface area (Å²) in [7, 11) is -2.73. The average Bonchev–Trinajstić information content (AvgIpc) is 2.94. The van der Waals surface area contributed by atoms with E-state index in [9.17, 15) is 18.3 Å². The molecule has 41 heavy (non-hydrogen) atoms. The van der Waals surface area contributed by atoms with Crippen LogP contribution in [-0.2, 0) is 25.0 Å². The number of nitrogens with one attached hydrogen (secondary N) is 1. The van der Waals surface area contributed by atoms with Crippen LogP contribution in [0.5, 0.6) is 23.1 Å². The van der Waals surface area contributed by atoms with E-state index in [4.69, 9.17) is 18.9 Å². The summed E-state index contributed by atoms with van der Waals surface area (Å²) >= 11 is 0. The molecule has 0 saturated carbocycles. The molecule has 1 unspecified atom stereocenters. The van der Waals surface area contributed by atoms with E-state index in [1.54, 1.807) is 41.3 Å². The Morgan fingerprint density at radius 3 is 2.27 bits per heavy atom. The van der Waals surface area contributed by atoms with Gasteiger partial charge >= 0.3 is 5.97 Å². The Bertz CT molecular complexity index is 1480. The lowest BCUT2D eigenvalue weighted by molar-refractivity contribution is -0.144. The number of carboxylic acids is 1.